The molecule has 0 fully saturated rings. The predicted molar refractivity (Wildman–Crippen MR) is 80.5 cm³/mol. The lowest BCUT2D eigenvalue weighted by atomic mass is 10.1. The Morgan fingerprint density at radius 3 is 2.25 bits per heavy atom. The summed E-state index contributed by atoms with van der Waals surface area (Å²) in [5, 5.41) is 0. The fourth-order valence-corrected chi connectivity index (χ4v) is 2.38. The molecule has 0 aliphatic carbocycles. The van der Waals surface area contributed by atoms with Gasteiger partial charge in [-0.1, -0.05) is 6.07 Å². The summed E-state index contributed by atoms with van der Waals surface area (Å²) in [5.74, 6) is 1.77. The predicted octanol–water partition coefficient (Wildman–Crippen LogP) is 3.90. The van der Waals surface area contributed by atoms with Crippen molar-refractivity contribution >= 4 is 0 Å². The number of benzene rings is 1. The third kappa shape index (κ3) is 3.10. The van der Waals surface area contributed by atoms with Crippen LogP contribution >= 0.6 is 0 Å². The third-order valence-electron chi connectivity index (χ3n) is 3.32. The number of pyridine rings is 1. The van der Waals surface area contributed by atoms with Crippen molar-refractivity contribution in [3.05, 3.63) is 52.3 Å². The average Bonchev–Trinajstić information content (AvgIpc) is 2.37. The van der Waals surface area contributed by atoms with Crippen LogP contribution in [0.2, 0.25) is 0 Å². The summed E-state index contributed by atoms with van der Waals surface area (Å²) in [7, 11) is 1.68. The molecule has 106 valence electrons. The van der Waals surface area contributed by atoms with Gasteiger partial charge in [-0.15, -0.1) is 0 Å². The van der Waals surface area contributed by atoms with E-state index in [4.69, 9.17) is 9.47 Å². The maximum absolute atomic E-state index is 5.86. The highest BCUT2D eigenvalue weighted by Crippen LogP contribution is 2.25. The van der Waals surface area contributed by atoms with E-state index in [0.29, 0.717) is 6.61 Å². The first kappa shape index (κ1) is 14.4. The molecule has 0 bridgehead atoms. The molecule has 0 spiro atoms. The maximum Gasteiger partial charge on any atom is 0.131 e. The molecule has 0 atom stereocenters. The van der Waals surface area contributed by atoms with Crippen molar-refractivity contribution in [1.29, 1.82) is 0 Å². The second-order valence-electron chi connectivity index (χ2n) is 5.16. The summed E-state index contributed by atoms with van der Waals surface area (Å²) in [6.07, 6.45) is 1.83. The molecule has 2 rings (SSSR count). The molecule has 0 unspecified atom stereocenters. The quantitative estimate of drug-likeness (QED) is 0.845. The first-order chi connectivity index (χ1) is 9.51. The van der Waals surface area contributed by atoms with Crippen LogP contribution < -0.4 is 9.47 Å². The number of hydrogen-bond acceptors (Lipinski definition) is 3. The van der Waals surface area contributed by atoms with Crippen LogP contribution in [0.15, 0.2) is 24.4 Å². The Balaban J connectivity index is 2.19. The smallest absolute Gasteiger partial charge is 0.131 e. The molecule has 0 saturated heterocycles. The van der Waals surface area contributed by atoms with E-state index in [1.807, 2.05) is 32.2 Å². The normalized spacial score (nSPS) is 10.4. The van der Waals surface area contributed by atoms with Crippen molar-refractivity contribution in [3.8, 4) is 11.5 Å². The highest BCUT2D eigenvalue weighted by Gasteiger charge is 2.10. The van der Waals surface area contributed by atoms with Gasteiger partial charge in [0.2, 0.25) is 0 Å². The minimum absolute atomic E-state index is 0.450. The fraction of sp³-hybridized carbons (Fsp3) is 0.353. The van der Waals surface area contributed by atoms with Crippen LogP contribution in [0.1, 0.15) is 27.9 Å². The minimum Gasteiger partial charge on any atom is -0.496 e. The Hall–Kier alpha value is -2.03. The molecule has 3 heteroatoms. The Morgan fingerprint density at radius 2 is 1.65 bits per heavy atom. The minimum atomic E-state index is 0.450. The monoisotopic (exact) mass is 271 g/mol. The summed E-state index contributed by atoms with van der Waals surface area (Å²) in [4.78, 5) is 4.44. The Labute approximate surface area is 120 Å². The van der Waals surface area contributed by atoms with Crippen LogP contribution in [-0.2, 0) is 6.61 Å². The number of methoxy groups -OCH3 is 1. The first-order valence-electron chi connectivity index (χ1n) is 6.71. The van der Waals surface area contributed by atoms with Crippen molar-refractivity contribution in [3.63, 3.8) is 0 Å². The second kappa shape index (κ2) is 5.95. The van der Waals surface area contributed by atoms with Gasteiger partial charge in [0.15, 0.2) is 0 Å². The van der Waals surface area contributed by atoms with E-state index in [2.05, 4.69) is 24.9 Å². The molecule has 1 aromatic carbocycles. The van der Waals surface area contributed by atoms with E-state index >= 15 is 0 Å². The van der Waals surface area contributed by atoms with Crippen LogP contribution in [0.5, 0.6) is 11.5 Å². The molecule has 0 aliphatic heterocycles. The number of ether oxygens (including phenoxy) is 2. The SMILES string of the molecule is COc1c(C)cnc(COc2cc(C)cc(C)c2)c1C. The maximum atomic E-state index is 5.86. The molecule has 0 radical (unpaired) electrons. The van der Waals surface area contributed by atoms with E-state index in [9.17, 15) is 0 Å². The number of rotatable bonds is 4. The molecule has 3 nitrogen and oxygen atoms in total. The molecule has 1 heterocycles. The first-order valence-corrected chi connectivity index (χ1v) is 6.71. The summed E-state index contributed by atoms with van der Waals surface area (Å²) >= 11 is 0. The van der Waals surface area contributed by atoms with Gasteiger partial charge in [-0.3, -0.25) is 4.98 Å². The highest BCUT2D eigenvalue weighted by molar-refractivity contribution is 5.41. The largest absolute Gasteiger partial charge is 0.496 e. The van der Waals surface area contributed by atoms with Crippen molar-refractivity contribution in [1.82, 2.24) is 4.98 Å². The van der Waals surface area contributed by atoms with Gasteiger partial charge in [-0.25, -0.2) is 0 Å². The molecule has 0 amide bonds. The van der Waals surface area contributed by atoms with Crippen molar-refractivity contribution in [2.24, 2.45) is 0 Å². The Kier molecular flexibility index (Phi) is 4.28. The van der Waals surface area contributed by atoms with Crippen LogP contribution in [0.3, 0.4) is 0 Å². The molecule has 0 N–H and O–H groups in total. The molecule has 1 aromatic heterocycles. The Bertz CT molecular complexity index is 600. The van der Waals surface area contributed by atoms with E-state index in [1.165, 1.54) is 11.1 Å². The number of nitrogens with zero attached hydrogens (tertiary/aromatic N) is 1. The summed E-state index contributed by atoms with van der Waals surface area (Å²) in [5.41, 5.74) is 5.39. The van der Waals surface area contributed by atoms with Gasteiger partial charge < -0.3 is 9.47 Å². The molecule has 2 aromatic rings. The van der Waals surface area contributed by atoms with Crippen molar-refractivity contribution < 1.29 is 9.47 Å². The number of aryl methyl sites for hydroxylation is 3. The molecular formula is C17H21NO2. The summed E-state index contributed by atoms with van der Waals surface area (Å²) in [6.45, 7) is 8.59. The van der Waals surface area contributed by atoms with Gasteiger partial charge >= 0.3 is 0 Å². The summed E-state index contributed by atoms with van der Waals surface area (Å²) in [6, 6.07) is 6.20. The van der Waals surface area contributed by atoms with Gasteiger partial charge in [-0.2, -0.15) is 0 Å². The van der Waals surface area contributed by atoms with Crippen LogP contribution in [0.25, 0.3) is 0 Å². The van der Waals surface area contributed by atoms with Crippen molar-refractivity contribution in [2.45, 2.75) is 34.3 Å². The van der Waals surface area contributed by atoms with Gasteiger partial charge in [0, 0.05) is 17.3 Å². The van der Waals surface area contributed by atoms with Crippen LogP contribution in [-0.4, -0.2) is 12.1 Å². The second-order valence-corrected chi connectivity index (χ2v) is 5.16. The fourth-order valence-electron chi connectivity index (χ4n) is 2.38. The molecular weight excluding hydrogens is 250 g/mol. The number of hydrogen-bond donors (Lipinski definition) is 0. The zero-order valence-corrected chi connectivity index (χ0v) is 12.8. The van der Waals surface area contributed by atoms with Gasteiger partial charge in [0.25, 0.3) is 0 Å². The van der Waals surface area contributed by atoms with Crippen LogP contribution in [0.4, 0.5) is 0 Å². The van der Waals surface area contributed by atoms with E-state index in [0.717, 1.165) is 28.3 Å². The number of aromatic nitrogens is 1. The molecule has 0 saturated carbocycles. The highest BCUT2D eigenvalue weighted by atomic mass is 16.5. The van der Waals surface area contributed by atoms with E-state index in [-0.39, 0.29) is 0 Å². The van der Waals surface area contributed by atoms with E-state index < -0.39 is 0 Å². The topological polar surface area (TPSA) is 31.4 Å². The lowest BCUT2D eigenvalue weighted by Crippen LogP contribution is -2.04. The molecule has 0 aliphatic rings. The zero-order chi connectivity index (χ0) is 14.7. The van der Waals surface area contributed by atoms with Gasteiger partial charge in [0.05, 0.1) is 12.8 Å². The summed E-state index contributed by atoms with van der Waals surface area (Å²) < 4.78 is 11.3. The molecule has 20 heavy (non-hydrogen) atoms. The zero-order valence-electron chi connectivity index (χ0n) is 12.8. The van der Waals surface area contributed by atoms with E-state index in [1.54, 1.807) is 7.11 Å². The van der Waals surface area contributed by atoms with Gasteiger partial charge in [-0.05, 0) is 51.0 Å². The third-order valence-corrected chi connectivity index (χ3v) is 3.32. The van der Waals surface area contributed by atoms with Crippen molar-refractivity contribution in [2.75, 3.05) is 7.11 Å². The standard InChI is InChI=1S/C17H21NO2/c1-11-6-12(2)8-15(7-11)20-10-16-14(4)17(19-5)13(3)9-18-16/h6-9H,10H2,1-5H3. The van der Waals surface area contributed by atoms with Gasteiger partial charge in [0.1, 0.15) is 18.1 Å². The Morgan fingerprint density at radius 1 is 1.00 bits per heavy atom. The lowest BCUT2D eigenvalue weighted by molar-refractivity contribution is 0.298. The lowest BCUT2D eigenvalue weighted by Gasteiger charge is -2.13. The van der Waals surface area contributed by atoms with Crippen LogP contribution in [0, 0.1) is 27.7 Å². The average molecular weight is 271 g/mol.